The number of rotatable bonds is 2. The number of aliphatic hydroxyl groups is 2. The normalized spacial score (nSPS) is 42.7. The lowest BCUT2D eigenvalue weighted by molar-refractivity contribution is 0.197. The van der Waals surface area contributed by atoms with E-state index >= 15 is 0 Å². The third-order valence-corrected chi connectivity index (χ3v) is 3.89. The minimum atomic E-state index is 0.136. The third-order valence-electron chi connectivity index (χ3n) is 3.89. The minimum absolute atomic E-state index is 0.136. The Morgan fingerprint density at radius 3 is 2.64 bits per heavy atom. The van der Waals surface area contributed by atoms with E-state index in [0.29, 0.717) is 23.7 Å². The lowest BCUT2D eigenvalue weighted by Gasteiger charge is -2.14. The summed E-state index contributed by atoms with van der Waals surface area (Å²) in [6, 6.07) is 0. The molecule has 4 unspecified atom stereocenters. The Labute approximate surface area is 83.3 Å². The van der Waals surface area contributed by atoms with Crippen molar-refractivity contribution in [3.63, 3.8) is 0 Å². The van der Waals surface area contributed by atoms with E-state index in [1.165, 1.54) is 5.57 Å². The zero-order valence-corrected chi connectivity index (χ0v) is 7.93. The number of aliphatic hydroxyl groups excluding tert-OH is 2. The average molecular weight is 190 g/mol. The van der Waals surface area contributed by atoms with E-state index in [0.717, 1.165) is 5.57 Å². The van der Waals surface area contributed by atoms with Gasteiger partial charge in [0.2, 0.25) is 0 Å². The van der Waals surface area contributed by atoms with Crippen molar-refractivity contribution in [1.29, 1.82) is 0 Å². The van der Waals surface area contributed by atoms with Crippen molar-refractivity contribution >= 4 is 0 Å². The van der Waals surface area contributed by atoms with Crippen LogP contribution in [0.15, 0.2) is 35.5 Å². The quantitative estimate of drug-likeness (QED) is 0.635. The van der Waals surface area contributed by atoms with Crippen LogP contribution in [0.5, 0.6) is 0 Å². The van der Waals surface area contributed by atoms with Gasteiger partial charge in [0.05, 0.1) is 6.61 Å². The molecule has 0 aromatic carbocycles. The maximum Gasteiger partial charge on any atom is 0.0681 e. The van der Waals surface area contributed by atoms with E-state index < -0.39 is 0 Å². The maximum absolute atomic E-state index is 9.31. The summed E-state index contributed by atoms with van der Waals surface area (Å²) in [5, 5.41) is 18.5. The molecule has 2 nitrogen and oxygen atoms in total. The summed E-state index contributed by atoms with van der Waals surface area (Å²) in [5.74, 6) is 1.68. The van der Waals surface area contributed by atoms with Gasteiger partial charge in [-0.3, -0.25) is 0 Å². The van der Waals surface area contributed by atoms with Gasteiger partial charge in [0, 0.05) is 18.4 Å². The van der Waals surface area contributed by atoms with Crippen molar-refractivity contribution in [2.75, 3.05) is 13.2 Å². The first-order chi connectivity index (χ1) is 6.86. The van der Waals surface area contributed by atoms with Gasteiger partial charge in [0.1, 0.15) is 0 Å². The van der Waals surface area contributed by atoms with E-state index in [-0.39, 0.29) is 13.2 Å². The lowest BCUT2D eigenvalue weighted by atomic mass is 9.90. The van der Waals surface area contributed by atoms with Crippen LogP contribution in [0.2, 0.25) is 0 Å². The Morgan fingerprint density at radius 1 is 1.07 bits per heavy atom. The van der Waals surface area contributed by atoms with Crippen molar-refractivity contribution in [1.82, 2.24) is 0 Å². The van der Waals surface area contributed by atoms with Crippen LogP contribution in [0.4, 0.5) is 0 Å². The largest absolute Gasteiger partial charge is 0.396 e. The highest BCUT2D eigenvalue weighted by Crippen LogP contribution is 2.55. The van der Waals surface area contributed by atoms with Crippen LogP contribution >= 0.6 is 0 Å². The second kappa shape index (κ2) is 2.81. The SMILES string of the molecule is OCC1=C2C(C=C1)C1C=CC2C1CO. The summed E-state index contributed by atoms with van der Waals surface area (Å²) in [6.45, 7) is 0.395. The molecule has 3 aliphatic rings. The molecule has 0 amide bonds. The first-order valence-corrected chi connectivity index (χ1v) is 5.18. The number of allylic oxidation sites excluding steroid dienone is 4. The molecule has 0 aromatic heterocycles. The average Bonchev–Trinajstić information content (AvgIpc) is 2.87. The molecule has 4 atom stereocenters. The van der Waals surface area contributed by atoms with Crippen LogP contribution in [-0.4, -0.2) is 23.4 Å². The fourth-order valence-electron chi connectivity index (χ4n) is 3.28. The standard InChI is InChI=1S/C12H14O2/c13-5-7-1-2-9-8-3-4-10(12(7)9)11(8)6-14/h1-4,8-11,13-14H,5-6H2. The highest BCUT2D eigenvalue weighted by atomic mass is 16.3. The van der Waals surface area contributed by atoms with Gasteiger partial charge in [-0.1, -0.05) is 24.3 Å². The molecule has 3 rings (SSSR count). The fraction of sp³-hybridized carbons (Fsp3) is 0.500. The molecule has 0 aliphatic heterocycles. The molecule has 0 saturated heterocycles. The van der Waals surface area contributed by atoms with Crippen LogP contribution in [0.25, 0.3) is 0 Å². The highest BCUT2D eigenvalue weighted by molar-refractivity contribution is 5.48. The number of hydrogen-bond acceptors (Lipinski definition) is 2. The molecule has 0 radical (unpaired) electrons. The van der Waals surface area contributed by atoms with Gasteiger partial charge in [-0.05, 0) is 23.0 Å². The summed E-state index contributed by atoms with van der Waals surface area (Å²) >= 11 is 0. The van der Waals surface area contributed by atoms with Gasteiger partial charge in [0.15, 0.2) is 0 Å². The summed E-state index contributed by atoms with van der Waals surface area (Å²) < 4.78 is 0. The molecule has 2 heteroatoms. The molecule has 0 heterocycles. The summed E-state index contributed by atoms with van der Waals surface area (Å²) in [7, 11) is 0. The van der Waals surface area contributed by atoms with Crippen LogP contribution < -0.4 is 0 Å². The zero-order valence-electron chi connectivity index (χ0n) is 7.93. The Balaban J connectivity index is 2.05. The van der Waals surface area contributed by atoms with Gasteiger partial charge in [-0.2, -0.15) is 0 Å². The summed E-state index contributed by atoms with van der Waals surface area (Å²) in [4.78, 5) is 0. The molecule has 74 valence electrons. The first-order valence-electron chi connectivity index (χ1n) is 5.18. The molecule has 3 aliphatic carbocycles. The predicted molar refractivity (Wildman–Crippen MR) is 53.4 cm³/mol. The van der Waals surface area contributed by atoms with Gasteiger partial charge >= 0.3 is 0 Å². The third kappa shape index (κ3) is 0.830. The molecule has 2 bridgehead atoms. The fourth-order valence-corrected chi connectivity index (χ4v) is 3.28. The van der Waals surface area contributed by atoms with E-state index in [9.17, 15) is 10.2 Å². The number of fused-ring (bicyclic) bond motifs is 5. The monoisotopic (exact) mass is 190 g/mol. The Morgan fingerprint density at radius 2 is 1.93 bits per heavy atom. The summed E-state index contributed by atoms with van der Waals surface area (Å²) in [5.41, 5.74) is 2.43. The van der Waals surface area contributed by atoms with Gasteiger partial charge in [0.25, 0.3) is 0 Å². The zero-order chi connectivity index (χ0) is 9.71. The molecule has 1 saturated carbocycles. The van der Waals surface area contributed by atoms with Gasteiger partial charge in [-0.25, -0.2) is 0 Å². The Kier molecular flexibility index (Phi) is 1.70. The molecule has 0 aromatic rings. The van der Waals surface area contributed by atoms with Crippen LogP contribution in [-0.2, 0) is 0 Å². The molecule has 14 heavy (non-hydrogen) atoms. The van der Waals surface area contributed by atoms with Crippen LogP contribution in [0.1, 0.15) is 0 Å². The van der Waals surface area contributed by atoms with Gasteiger partial charge < -0.3 is 10.2 Å². The van der Waals surface area contributed by atoms with E-state index in [2.05, 4.69) is 18.2 Å². The van der Waals surface area contributed by atoms with E-state index in [4.69, 9.17) is 0 Å². The van der Waals surface area contributed by atoms with E-state index in [1.807, 2.05) is 6.08 Å². The van der Waals surface area contributed by atoms with Crippen LogP contribution in [0.3, 0.4) is 0 Å². The van der Waals surface area contributed by atoms with Crippen molar-refractivity contribution < 1.29 is 10.2 Å². The summed E-state index contributed by atoms with van der Waals surface area (Å²) in [6.07, 6.45) is 8.64. The van der Waals surface area contributed by atoms with Crippen molar-refractivity contribution in [3.05, 3.63) is 35.5 Å². The van der Waals surface area contributed by atoms with Crippen molar-refractivity contribution in [2.24, 2.45) is 23.7 Å². The topological polar surface area (TPSA) is 40.5 Å². The molecule has 0 spiro atoms. The Bertz CT molecular complexity index is 351. The van der Waals surface area contributed by atoms with Crippen molar-refractivity contribution in [3.8, 4) is 0 Å². The maximum atomic E-state index is 9.31. The molecule has 2 N–H and O–H groups in total. The minimum Gasteiger partial charge on any atom is -0.396 e. The van der Waals surface area contributed by atoms with E-state index in [1.54, 1.807) is 0 Å². The highest BCUT2D eigenvalue weighted by Gasteiger charge is 2.48. The molecular formula is C12H14O2. The second-order valence-corrected chi connectivity index (χ2v) is 4.36. The Hall–Kier alpha value is -0.860. The van der Waals surface area contributed by atoms with Gasteiger partial charge in [-0.15, -0.1) is 0 Å². The van der Waals surface area contributed by atoms with Crippen LogP contribution in [0, 0.1) is 23.7 Å². The van der Waals surface area contributed by atoms with Crippen molar-refractivity contribution in [2.45, 2.75) is 0 Å². The lowest BCUT2D eigenvalue weighted by Crippen LogP contribution is -2.13. The smallest absolute Gasteiger partial charge is 0.0681 e. The molecular weight excluding hydrogens is 176 g/mol. The first kappa shape index (κ1) is 8.45. The number of hydrogen-bond donors (Lipinski definition) is 2. The predicted octanol–water partition coefficient (Wildman–Crippen LogP) is 0.886. The molecule has 1 fully saturated rings. The second-order valence-electron chi connectivity index (χ2n) is 4.36.